The molecule has 0 spiro atoms. The lowest BCUT2D eigenvalue weighted by molar-refractivity contribution is 0.00120. The molecule has 0 bridgehead atoms. The maximum Gasteiger partial charge on any atom is 0.122 e. The van der Waals surface area contributed by atoms with Crippen molar-refractivity contribution in [3.63, 3.8) is 0 Å². The average molecular weight is 220 g/mol. The zero-order valence-corrected chi connectivity index (χ0v) is 10.1. The Morgan fingerprint density at radius 1 is 1.25 bits per heavy atom. The summed E-state index contributed by atoms with van der Waals surface area (Å²) in [5.74, 6) is 0.903. The topological polar surface area (TPSA) is 29.5 Å². The van der Waals surface area contributed by atoms with E-state index >= 15 is 0 Å². The molecular formula is C14H20O2. The Bertz CT molecular complexity index is 365. The monoisotopic (exact) mass is 220 g/mol. The molecule has 1 saturated carbocycles. The molecule has 16 heavy (non-hydrogen) atoms. The second-order valence-corrected chi connectivity index (χ2v) is 4.99. The third kappa shape index (κ3) is 2.56. The van der Waals surface area contributed by atoms with Crippen LogP contribution in [0.4, 0.5) is 0 Å². The predicted octanol–water partition coefficient (Wildman–Crippen LogP) is 2.99. The van der Waals surface area contributed by atoms with Crippen molar-refractivity contribution in [2.75, 3.05) is 6.61 Å². The van der Waals surface area contributed by atoms with Gasteiger partial charge < -0.3 is 9.84 Å². The highest BCUT2D eigenvalue weighted by molar-refractivity contribution is 5.36. The fourth-order valence-electron chi connectivity index (χ4n) is 2.25. The minimum Gasteiger partial charge on any atom is -0.490 e. The SMILES string of the molecule is Cc1ccc(C)c(OCC2(O)CCCC2)c1. The van der Waals surface area contributed by atoms with Gasteiger partial charge in [0.05, 0.1) is 5.60 Å². The lowest BCUT2D eigenvalue weighted by atomic mass is 10.0. The summed E-state index contributed by atoms with van der Waals surface area (Å²) >= 11 is 0. The Morgan fingerprint density at radius 2 is 1.94 bits per heavy atom. The van der Waals surface area contributed by atoms with Gasteiger partial charge in [0, 0.05) is 0 Å². The fourth-order valence-corrected chi connectivity index (χ4v) is 2.25. The van der Waals surface area contributed by atoms with Crippen LogP contribution in [0.1, 0.15) is 36.8 Å². The van der Waals surface area contributed by atoms with Crippen LogP contribution in [0.3, 0.4) is 0 Å². The van der Waals surface area contributed by atoms with Gasteiger partial charge in [-0.3, -0.25) is 0 Å². The smallest absolute Gasteiger partial charge is 0.122 e. The number of ether oxygens (including phenoxy) is 1. The molecule has 0 atom stereocenters. The van der Waals surface area contributed by atoms with Gasteiger partial charge in [-0.25, -0.2) is 0 Å². The van der Waals surface area contributed by atoms with Gasteiger partial charge in [0.2, 0.25) is 0 Å². The zero-order chi connectivity index (χ0) is 11.6. The molecule has 1 aliphatic carbocycles. The van der Waals surface area contributed by atoms with Gasteiger partial charge in [0.15, 0.2) is 0 Å². The molecule has 1 fully saturated rings. The summed E-state index contributed by atoms with van der Waals surface area (Å²) in [6.45, 7) is 4.52. The van der Waals surface area contributed by atoms with E-state index in [1.807, 2.05) is 13.0 Å². The molecule has 0 aromatic heterocycles. The summed E-state index contributed by atoms with van der Waals surface area (Å²) in [4.78, 5) is 0. The van der Waals surface area contributed by atoms with Gasteiger partial charge in [-0.2, -0.15) is 0 Å². The summed E-state index contributed by atoms with van der Waals surface area (Å²) in [5, 5.41) is 10.2. The van der Waals surface area contributed by atoms with Crippen molar-refractivity contribution in [1.29, 1.82) is 0 Å². The van der Waals surface area contributed by atoms with Crippen molar-refractivity contribution < 1.29 is 9.84 Å². The Labute approximate surface area is 97.3 Å². The maximum absolute atomic E-state index is 10.2. The second-order valence-electron chi connectivity index (χ2n) is 4.99. The first-order chi connectivity index (χ1) is 7.59. The van der Waals surface area contributed by atoms with Gasteiger partial charge in [-0.1, -0.05) is 25.0 Å². The lowest BCUT2D eigenvalue weighted by Gasteiger charge is -2.23. The highest BCUT2D eigenvalue weighted by Gasteiger charge is 2.31. The Morgan fingerprint density at radius 3 is 2.62 bits per heavy atom. The van der Waals surface area contributed by atoms with Crippen molar-refractivity contribution in [3.8, 4) is 5.75 Å². The quantitative estimate of drug-likeness (QED) is 0.848. The third-order valence-electron chi connectivity index (χ3n) is 3.37. The Hall–Kier alpha value is -1.02. The summed E-state index contributed by atoms with van der Waals surface area (Å²) in [6.07, 6.45) is 3.98. The molecule has 2 nitrogen and oxygen atoms in total. The van der Waals surface area contributed by atoms with Gasteiger partial charge >= 0.3 is 0 Å². The van der Waals surface area contributed by atoms with Crippen molar-refractivity contribution in [3.05, 3.63) is 29.3 Å². The summed E-state index contributed by atoms with van der Waals surface area (Å²) in [7, 11) is 0. The molecule has 1 aliphatic rings. The zero-order valence-electron chi connectivity index (χ0n) is 10.1. The molecule has 1 N–H and O–H groups in total. The van der Waals surface area contributed by atoms with E-state index in [2.05, 4.69) is 19.1 Å². The van der Waals surface area contributed by atoms with E-state index in [0.29, 0.717) is 6.61 Å². The Balaban J connectivity index is 2.01. The van der Waals surface area contributed by atoms with Crippen LogP contribution in [-0.4, -0.2) is 17.3 Å². The molecule has 0 aliphatic heterocycles. The molecule has 0 unspecified atom stereocenters. The second kappa shape index (κ2) is 4.46. The first-order valence-electron chi connectivity index (χ1n) is 6.02. The van der Waals surface area contributed by atoms with Crippen molar-refractivity contribution in [2.24, 2.45) is 0 Å². The molecule has 0 radical (unpaired) electrons. The molecule has 1 aromatic rings. The van der Waals surface area contributed by atoms with Crippen LogP contribution >= 0.6 is 0 Å². The maximum atomic E-state index is 10.2. The third-order valence-corrected chi connectivity index (χ3v) is 3.37. The van der Waals surface area contributed by atoms with E-state index in [4.69, 9.17) is 4.74 Å². The van der Waals surface area contributed by atoms with E-state index in [1.165, 1.54) is 5.56 Å². The largest absolute Gasteiger partial charge is 0.490 e. The highest BCUT2D eigenvalue weighted by atomic mass is 16.5. The van der Waals surface area contributed by atoms with Gasteiger partial charge in [-0.15, -0.1) is 0 Å². The van der Waals surface area contributed by atoms with Gasteiger partial charge in [0.1, 0.15) is 12.4 Å². The van der Waals surface area contributed by atoms with Crippen molar-refractivity contribution in [2.45, 2.75) is 45.1 Å². The van der Waals surface area contributed by atoms with Gasteiger partial charge in [0.25, 0.3) is 0 Å². The first kappa shape index (κ1) is 11.5. The van der Waals surface area contributed by atoms with E-state index in [9.17, 15) is 5.11 Å². The molecular weight excluding hydrogens is 200 g/mol. The molecule has 0 amide bonds. The highest BCUT2D eigenvalue weighted by Crippen LogP contribution is 2.30. The molecule has 2 rings (SSSR count). The molecule has 0 heterocycles. The van der Waals surface area contributed by atoms with Crippen LogP contribution in [-0.2, 0) is 0 Å². The summed E-state index contributed by atoms with van der Waals surface area (Å²) < 4.78 is 5.75. The van der Waals surface area contributed by atoms with Gasteiger partial charge in [-0.05, 0) is 43.9 Å². The Kier molecular flexibility index (Phi) is 3.20. The fraction of sp³-hybridized carbons (Fsp3) is 0.571. The standard InChI is InChI=1S/C14H20O2/c1-11-5-6-12(2)13(9-11)16-10-14(15)7-3-4-8-14/h5-6,9,15H,3-4,7-8,10H2,1-2H3. The van der Waals surface area contributed by atoms with Crippen molar-refractivity contribution in [1.82, 2.24) is 0 Å². The van der Waals surface area contributed by atoms with Crippen LogP contribution in [0.5, 0.6) is 5.75 Å². The predicted molar refractivity (Wildman–Crippen MR) is 64.8 cm³/mol. The number of hydrogen-bond acceptors (Lipinski definition) is 2. The summed E-state index contributed by atoms with van der Waals surface area (Å²) in [6, 6.07) is 6.17. The number of aryl methyl sites for hydroxylation is 2. The van der Waals surface area contributed by atoms with E-state index in [0.717, 1.165) is 37.0 Å². The van der Waals surface area contributed by atoms with E-state index in [1.54, 1.807) is 0 Å². The van der Waals surface area contributed by atoms with E-state index in [-0.39, 0.29) is 0 Å². The molecule has 0 saturated heterocycles. The normalized spacial score (nSPS) is 18.7. The number of rotatable bonds is 3. The molecule has 1 aromatic carbocycles. The number of aliphatic hydroxyl groups is 1. The lowest BCUT2D eigenvalue weighted by Crippen LogP contribution is -2.32. The van der Waals surface area contributed by atoms with Crippen LogP contribution in [0.25, 0.3) is 0 Å². The number of hydrogen-bond donors (Lipinski definition) is 1. The number of benzene rings is 1. The van der Waals surface area contributed by atoms with Crippen LogP contribution in [0.2, 0.25) is 0 Å². The van der Waals surface area contributed by atoms with Crippen LogP contribution < -0.4 is 4.74 Å². The molecule has 2 heteroatoms. The minimum atomic E-state index is -0.587. The molecule has 88 valence electrons. The van der Waals surface area contributed by atoms with Crippen molar-refractivity contribution >= 4 is 0 Å². The average Bonchev–Trinajstić information content (AvgIpc) is 2.67. The van der Waals surface area contributed by atoms with Crippen LogP contribution in [0, 0.1) is 13.8 Å². The minimum absolute atomic E-state index is 0.428. The summed E-state index contributed by atoms with van der Waals surface area (Å²) in [5.41, 5.74) is 1.74. The first-order valence-corrected chi connectivity index (χ1v) is 6.02. The van der Waals surface area contributed by atoms with E-state index < -0.39 is 5.60 Å². The van der Waals surface area contributed by atoms with Crippen LogP contribution in [0.15, 0.2) is 18.2 Å².